The summed E-state index contributed by atoms with van der Waals surface area (Å²) in [6.45, 7) is 0.445. The molecule has 0 bridgehead atoms. The number of benzene rings is 3. The first-order chi connectivity index (χ1) is 17.6. The molecule has 0 saturated carbocycles. The third-order valence-electron chi connectivity index (χ3n) is 6.88. The van der Waals surface area contributed by atoms with Crippen molar-refractivity contribution in [3.63, 3.8) is 0 Å². The van der Waals surface area contributed by atoms with E-state index in [9.17, 15) is 9.59 Å². The molecule has 0 saturated heterocycles. The molecule has 1 atom stereocenters. The van der Waals surface area contributed by atoms with Crippen LogP contribution in [0, 0.1) is 0 Å². The van der Waals surface area contributed by atoms with Crippen LogP contribution in [-0.4, -0.2) is 27.8 Å². The molecule has 1 aliphatic heterocycles. The highest BCUT2D eigenvalue weighted by molar-refractivity contribution is 7.09. The summed E-state index contributed by atoms with van der Waals surface area (Å²) < 4.78 is 2.19. The number of carbonyl (C=O) groups excluding carboxylic acids is 2. The molecule has 0 unspecified atom stereocenters. The number of hydrogen-bond acceptors (Lipinski definition) is 3. The SMILES string of the molecule is Cn1c(-c2ccccc2)c([C@H]2c3ccccc3C(=O)N2CC(=O)NCc2cccs2)c2ccccc21. The predicted octanol–water partition coefficient (Wildman–Crippen LogP) is 5.77. The molecule has 3 heterocycles. The lowest BCUT2D eigenvalue weighted by Crippen LogP contribution is -2.39. The van der Waals surface area contributed by atoms with Gasteiger partial charge in [-0.05, 0) is 34.7 Å². The number of aryl methyl sites for hydroxylation is 1. The largest absolute Gasteiger partial charge is 0.350 e. The first kappa shape index (κ1) is 22.3. The van der Waals surface area contributed by atoms with Gasteiger partial charge in [0.05, 0.1) is 18.3 Å². The van der Waals surface area contributed by atoms with Gasteiger partial charge in [0, 0.05) is 34.0 Å². The lowest BCUT2D eigenvalue weighted by Gasteiger charge is -2.26. The molecule has 0 radical (unpaired) electrons. The maximum Gasteiger partial charge on any atom is 0.255 e. The van der Waals surface area contributed by atoms with Crippen LogP contribution >= 0.6 is 11.3 Å². The summed E-state index contributed by atoms with van der Waals surface area (Å²) in [5.41, 5.74) is 5.84. The van der Waals surface area contributed by atoms with E-state index < -0.39 is 0 Å². The summed E-state index contributed by atoms with van der Waals surface area (Å²) in [6.07, 6.45) is 0. The Morgan fingerprint density at radius 1 is 0.917 bits per heavy atom. The smallest absolute Gasteiger partial charge is 0.255 e. The summed E-state index contributed by atoms with van der Waals surface area (Å²) in [5, 5.41) is 6.06. The van der Waals surface area contributed by atoms with E-state index in [4.69, 9.17) is 0 Å². The van der Waals surface area contributed by atoms with E-state index in [0.717, 1.165) is 38.2 Å². The molecule has 2 amide bonds. The van der Waals surface area contributed by atoms with Crippen molar-refractivity contribution < 1.29 is 9.59 Å². The lowest BCUT2D eigenvalue weighted by atomic mass is 9.93. The average Bonchev–Trinajstić information content (AvgIpc) is 3.60. The Morgan fingerprint density at radius 2 is 1.67 bits per heavy atom. The normalized spacial score (nSPS) is 14.9. The van der Waals surface area contributed by atoms with Crippen LogP contribution < -0.4 is 5.32 Å². The number of carbonyl (C=O) groups is 2. The van der Waals surface area contributed by atoms with Crippen LogP contribution in [0.3, 0.4) is 0 Å². The van der Waals surface area contributed by atoms with Gasteiger partial charge in [0.15, 0.2) is 0 Å². The molecule has 3 aromatic carbocycles. The number of hydrogen-bond donors (Lipinski definition) is 1. The van der Waals surface area contributed by atoms with Gasteiger partial charge in [0.25, 0.3) is 5.91 Å². The molecule has 178 valence electrons. The Hall–Kier alpha value is -4.16. The third-order valence-corrected chi connectivity index (χ3v) is 7.76. The maximum absolute atomic E-state index is 13.7. The van der Waals surface area contributed by atoms with Crippen molar-refractivity contribution in [1.29, 1.82) is 0 Å². The standard InChI is InChI=1S/C30H25N3O2S/c1-32-25-16-8-7-15-24(25)27(28(32)20-10-3-2-4-11-20)29-22-13-5-6-14-23(22)30(35)33(29)19-26(34)31-18-21-12-9-17-36-21/h2-17,29H,18-19H2,1H3,(H,31,34)/t29-/m1/s1. The van der Waals surface area contributed by atoms with Gasteiger partial charge in [-0.15, -0.1) is 11.3 Å². The van der Waals surface area contributed by atoms with Gasteiger partial charge < -0.3 is 14.8 Å². The van der Waals surface area contributed by atoms with Crippen LogP contribution in [0.5, 0.6) is 0 Å². The fourth-order valence-corrected chi connectivity index (χ4v) is 5.94. The Balaban J connectivity index is 1.48. The van der Waals surface area contributed by atoms with Crippen LogP contribution in [0.15, 0.2) is 96.4 Å². The number of fused-ring (bicyclic) bond motifs is 2. The van der Waals surface area contributed by atoms with E-state index in [1.165, 1.54) is 0 Å². The number of amides is 2. The van der Waals surface area contributed by atoms with E-state index in [1.807, 2.05) is 72.1 Å². The fourth-order valence-electron chi connectivity index (χ4n) is 5.30. The molecular formula is C30H25N3O2S. The van der Waals surface area contributed by atoms with Crippen molar-refractivity contribution in [2.45, 2.75) is 12.6 Å². The van der Waals surface area contributed by atoms with Crippen molar-refractivity contribution in [2.24, 2.45) is 7.05 Å². The van der Waals surface area contributed by atoms with E-state index in [2.05, 4.69) is 41.2 Å². The summed E-state index contributed by atoms with van der Waals surface area (Å²) >= 11 is 1.60. The highest BCUT2D eigenvalue weighted by Gasteiger charge is 2.41. The molecule has 1 N–H and O–H groups in total. The Labute approximate surface area is 213 Å². The van der Waals surface area contributed by atoms with Crippen molar-refractivity contribution in [3.05, 3.63) is 118 Å². The molecule has 2 aromatic heterocycles. The third kappa shape index (κ3) is 3.71. The second-order valence-corrected chi connectivity index (χ2v) is 10.0. The molecular weight excluding hydrogens is 466 g/mol. The van der Waals surface area contributed by atoms with E-state index >= 15 is 0 Å². The van der Waals surface area contributed by atoms with Crippen LogP contribution in [0.25, 0.3) is 22.2 Å². The zero-order chi connectivity index (χ0) is 24.6. The van der Waals surface area contributed by atoms with Gasteiger partial charge in [-0.25, -0.2) is 0 Å². The summed E-state index contributed by atoms with van der Waals surface area (Å²) in [7, 11) is 2.06. The minimum atomic E-state index is -0.373. The average molecular weight is 492 g/mol. The summed E-state index contributed by atoms with van der Waals surface area (Å²) in [4.78, 5) is 29.6. The topological polar surface area (TPSA) is 54.3 Å². The monoisotopic (exact) mass is 491 g/mol. The molecule has 0 spiro atoms. The summed E-state index contributed by atoms with van der Waals surface area (Å²) in [5.74, 6) is -0.287. The zero-order valence-electron chi connectivity index (χ0n) is 19.8. The maximum atomic E-state index is 13.7. The van der Waals surface area contributed by atoms with Crippen LogP contribution in [0.1, 0.15) is 32.4 Å². The van der Waals surface area contributed by atoms with Gasteiger partial charge in [-0.2, -0.15) is 0 Å². The molecule has 5 aromatic rings. The summed E-state index contributed by atoms with van der Waals surface area (Å²) in [6, 6.07) is 29.8. The Kier molecular flexibility index (Phi) is 5.66. The van der Waals surface area contributed by atoms with Crippen molar-refractivity contribution in [3.8, 4) is 11.3 Å². The number of aromatic nitrogens is 1. The number of thiophene rings is 1. The van der Waals surface area contributed by atoms with Crippen LogP contribution in [0.2, 0.25) is 0 Å². The van der Waals surface area contributed by atoms with Gasteiger partial charge in [0.1, 0.15) is 6.54 Å². The molecule has 36 heavy (non-hydrogen) atoms. The Bertz CT molecular complexity index is 1570. The van der Waals surface area contributed by atoms with Crippen molar-refractivity contribution in [1.82, 2.24) is 14.8 Å². The highest BCUT2D eigenvalue weighted by Crippen LogP contribution is 2.46. The number of rotatable bonds is 6. The molecule has 0 fully saturated rings. The quantitative estimate of drug-likeness (QED) is 0.328. The number of para-hydroxylation sites is 1. The first-order valence-electron chi connectivity index (χ1n) is 11.9. The number of nitrogens with one attached hydrogen (secondary N) is 1. The van der Waals surface area contributed by atoms with Crippen molar-refractivity contribution >= 4 is 34.1 Å². The van der Waals surface area contributed by atoms with Crippen molar-refractivity contribution in [2.75, 3.05) is 6.54 Å². The number of nitrogens with zero attached hydrogens (tertiary/aromatic N) is 2. The fraction of sp³-hybridized carbons (Fsp3) is 0.133. The predicted molar refractivity (Wildman–Crippen MR) is 144 cm³/mol. The van der Waals surface area contributed by atoms with Crippen LogP contribution in [-0.2, 0) is 18.4 Å². The first-order valence-corrected chi connectivity index (χ1v) is 12.8. The van der Waals surface area contributed by atoms with Crippen LogP contribution in [0.4, 0.5) is 0 Å². The molecule has 6 heteroatoms. The highest BCUT2D eigenvalue weighted by atomic mass is 32.1. The molecule has 5 nitrogen and oxygen atoms in total. The van der Waals surface area contributed by atoms with Gasteiger partial charge in [-0.3, -0.25) is 9.59 Å². The minimum absolute atomic E-state index is 0.0129. The molecule has 0 aliphatic carbocycles. The van der Waals surface area contributed by atoms with E-state index in [0.29, 0.717) is 12.1 Å². The second-order valence-electron chi connectivity index (χ2n) is 8.98. The minimum Gasteiger partial charge on any atom is -0.350 e. The van der Waals surface area contributed by atoms with Gasteiger partial charge in [0.2, 0.25) is 5.91 Å². The van der Waals surface area contributed by atoms with E-state index in [1.54, 1.807) is 16.2 Å². The Morgan fingerprint density at radius 3 is 2.47 bits per heavy atom. The molecule has 1 aliphatic rings. The van der Waals surface area contributed by atoms with E-state index in [-0.39, 0.29) is 24.4 Å². The zero-order valence-corrected chi connectivity index (χ0v) is 20.7. The molecule has 6 rings (SSSR count). The second kappa shape index (κ2) is 9.13. The van der Waals surface area contributed by atoms with Gasteiger partial charge >= 0.3 is 0 Å². The lowest BCUT2D eigenvalue weighted by molar-refractivity contribution is -0.122. The van der Waals surface area contributed by atoms with Gasteiger partial charge in [-0.1, -0.05) is 72.8 Å².